The lowest BCUT2D eigenvalue weighted by atomic mass is 9.34. The third-order valence-electron chi connectivity index (χ3n) is 8.37. The van der Waals surface area contributed by atoms with Gasteiger partial charge in [-0.15, -0.1) is 0 Å². The first-order valence-corrected chi connectivity index (χ1v) is 12.0. The molecule has 8 nitrogen and oxygen atoms in total. The molecule has 5 N–H and O–H groups in total. The summed E-state index contributed by atoms with van der Waals surface area (Å²) < 4.78 is 40.9. The maximum Gasteiger partial charge on any atom is 0.394 e. The smallest absolute Gasteiger partial charge is 0.394 e. The van der Waals surface area contributed by atoms with Gasteiger partial charge in [0.1, 0.15) is 23.1 Å². The normalized spacial score (nSPS) is 26.3. The Labute approximate surface area is 211 Å². The van der Waals surface area contributed by atoms with Gasteiger partial charge < -0.3 is 11.5 Å². The largest absolute Gasteiger partial charge is 0.401 e. The van der Waals surface area contributed by atoms with Gasteiger partial charge in [-0.05, 0) is 51.5 Å². The standard InChI is InChI=1S/C26H27F3N6O2/c1-14(22(37)33-19(36)9-18(31)24-11-25(12-24,13-24)26(27,28)29)15-3-5-16(6-4-15)20-17(10-30)21(32)35(34-20)23(2)7-8-23/h3-6,9,14H,7-8,11-13,31-32H2,1-2H3,(H,33,36,37). The van der Waals surface area contributed by atoms with Crippen molar-refractivity contribution < 1.29 is 22.8 Å². The van der Waals surface area contributed by atoms with Crippen molar-refractivity contribution in [3.05, 3.63) is 47.2 Å². The van der Waals surface area contributed by atoms with E-state index in [4.69, 9.17) is 11.5 Å². The summed E-state index contributed by atoms with van der Waals surface area (Å²) in [6.07, 6.45) is -1.73. The van der Waals surface area contributed by atoms with Crippen molar-refractivity contribution in [1.82, 2.24) is 15.1 Å². The maximum absolute atomic E-state index is 13.1. The Bertz CT molecular complexity index is 1360. The summed E-state index contributed by atoms with van der Waals surface area (Å²) in [5, 5.41) is 16.4. The molecule has 0 aliphatic heterocycles. The number of nitrogens with two attached hydrogens (primary N) is 2. The number of nitrogens with one attached hydrogen (secondary N) is 1. The Balaban J connectivity index is 1.24. The van der Waals surface area contributed by atoms with Crippen molar-refractivity contribution in [2.24, 2.45) is 16.6 Å². The van der Waals surface area contributed by atoms with Crippen LogP contribution in [-0.4, -0.2) is 27.8 Å². The van der Waals surface area contributed by atoms with Crippen LogP contribution in [0.1, 0.15) is 63.0 Å². The van der Waals surface area contributed by atoms with Crippen LogP contribution < -0.4 is 16.8 Å². The number of carbonyl (C=O) groups excluding carboxylic acids is 2. The summed E-state index contributed by atoms with van der Waals surface area (Å²) in [5.41, 5.74) is 11.6. The molecule has 2 amide bonds. The molecule has 37 heavy (non-hydrogen) atoms. The van der Waals surface area contributed by atoms with Gasteiger partial charge in [-0.3, -0.25) is 14.9 Å². The fourth-order valence-corrected chi connectivity index (χ4v) is 5.58. The van der Waals surface area contributed by atoms with Crippen LogP contribution >= 0.6 is 0 Å². The Kier molecular flexibility index (Phi) is 5.27. The number of allylic oxidation sites excluding steroid dienone is 1. The fraction of sp³-hybridized carbons (Fsp3) is 0.462. The van der Waals surface area contributed by atoms with Crippen LogP contribution in [0, 0.1) is 22.2 Å². The number of hydrogen-bond donors (Lipinski definition) is 3. The quantitative estimate of drug-likeness (QED) is 0.503. The molecule has 4 saturated carbocycles. The van der Waals surface area contributed by atoms with Crippen LogP contribution in [0.15, 0.2) is 36.0 Å². The highest BCUT2D eigenvalue weighted by molar-refractivity contribution is 6.03. The minimum atomic E-state index is -4.27. The van der Waals surface area contributed by atoms with Crippen LogP contribution in [0.3, 0.4) is 0 Å². The van der Waals surface area contributed by atoms with Crippen LogP contribution in [-0.2, 0) is 15.1 Å². The van der Waals surface area contributed by atoms with E-state index in [0.717, 1.165) is 18.9 Å². The highest BCUT2D eigenvalue weighted by Gasteiger charge is 2.79. The number of carbonyl (C=O) groups is 2. The van der Waals surface area contributed by atoms with Crippen molar-refractivity contribution >= 4 is 17.6 Å². The molecule has 2 aromatic rings. The first-order chi connectivity index (χ1) is 17.2. The summed E-state index contributed by atoms with van der Waals surface area (Å²) in [6.45, 7) is 3.66. The number of anilines is 1. The molecule has 4 aliphatic carbocycles. The van der Waals surface area contributed by atoms with Crippen LogP contribution in [0.4, 0.5) is 19.0 Å². The number of benzene rings is 1. The zero-order valence-corrected chi connectivity index (χ0v) is 20.4. The molecule has 0 radical (unpaired) electrons. The number of amides is 2. The summed E-state index contributed by atoms with van der Waals surface area (Å²) in [7, 11) is 0. The number of rotatable bonds is 6. The Morgan fingerprint density at radius 1 is 1.22 bits per heavy atom. The maximum atomic E-state index is 13.1. The minimum Gasteiger partial charge on any atom is -0.401 e. The zero-order chi connectivity index (χ0) is 27.0. The number of imide groups is 1. The summed E-state index contributed by atoms with van der Waals surface area (Å²) in [5.74, 6) is -1.70. The molecule has 4 aliphatic rings. The predicted octanol–water partition coefficient (Wildman–Crippen LogP) is 3.83. The van der Waals surface area contributed by atoms with E-state index in [2.05, 4.69) is 16.5 Å². The molecule has 11 heteroatoms. The second-order valence-corrected chi connectivity index (χ2v) is 11.0. The van der Waals surface area contributed by atoms with E-state index < -0.39 is 34.7 Å². The van der Waals surface area contributed by atoms with E-state index in [9.17, 15) is 28.0 Å². The summed E-state index contributed by atoms with van der Waals surface area (Å²) in [4.78, 5) is 25.0. The number of nitriles is 1. The van der Waals surface area contributed by atoms with Gasteiger partial charge in [0, 0.05) is 22.8 Å². The van der Waals surface area contributed by atoms with Crippen LogP contribution in [0.2, 0.25) is 0 Å². The van der Waals surface area contributed by atoms with Gasteiger partial charge in [-0.2, -0.15) is 23.5 Å². The Hall–Kier alpha value is -3.81. The Morgan fingerprint density at radius 2 is 1.81 bits per heavy atom. The van der Waals surface area contributed by atoms with E-state index in [1.807, 2.05) is 6.92 Å². The van der Waals surface area contributed by atoms with Crippen LogP contribution in [0.5, 0.6) is 0 Å². The topological polar surface area (TPSA) is 140 Å². The molecule has 1 heterocycles. The number of hydrogen-bond acceptors (Lipinski definition) is 6. The lowest BCUT2D eigenvalue weighted by molar-refractivity contribution is -0.352. The molecular formula is C26H27F3N6O2. The monoisotopic (exact) mass is 512 g/mol. The molecule has 194 valence electrons. The van der Waals surface area contributed by atoms with E-state index in [0.29, 0.717) is 28.2 Å². The molecule has 1 unspecified atom stereocenters. The van der Waals surface area contributed by atoms with Crippen molar-refractivity contribution in [2.75, 3.05) is 5.73 Å². The second kappa shape index (κ2) is 7.84. The van der Waals surface area contributed by atoms with E-state index in [1.165, 1.54) is 0 Å². The first kappa shape index (κ1) is 24.9. The molecule has 4 fully saturated rings. The number of nitrogen functional groups attached to an aromatic ring is 1. The summed E-state index contributed by atoms with van der Waals surface area (Å²) in [6, 6.07) is 9.02. The van der Waals surface area contributed by atoms with Crippen molar-refractivity contribution in [2.45, 2.75) is 63.6 Å². The highest BCUT2D eigenvalue weighted by atomic mass is 19.4. The number of halogens is 3. The molecule has 2 bridgehead atoms. The lowest BCUT2D eigenvalue weighted by Gasteiger charge is -2.70. The molecule has 1 aromatic heterocycles. The SMILES string of the molecule is CC(C(=O)NC(=O)C=C(N)C12CC(C(F)(F)F)(C1)C2)c1ccc(-c2nn(C3(C)CC3)c(N)c2C#N)cc1. The molecule has 1 atom stereocenters. The van der Waals surface area contributed by atoms with Crippen LogP contribution in [0.25, 0.3) is 11.3 Å². The van der Waals surface area contributed by atoms with Crippen molar-refractivity contribution in [1.29, 1.82) is 5.26 Å². The van der Waals surface area contributed by atoms with Gasteiger partial charge in [-0.25, -0.2) is 4.68 Å². The van der Waals surface area contributed by atoms with Gasteiger partial charge in [0.2, 0.25) is 5.91 Å². The predicted molar refractivity (Wildman–Crippen MR) is 128 cm³/mol. The van der Waals surface area contributed by atoms with E-state index in [1.54, 1.807) is 35.9 Å². The molecular weight excluding hydrogens is 485 g/mol. The highest BCUT2D eigenvalue weighted by Crippen LogP contribution is 2.80. The molecule has 6 rings (SSSR count). The zero-order valence-electron chi connectivity index (χ0n) is 20.4. The average molecular weight is 513 g/mol. The second-order valence-electron chi connectivity index (χ2n) is 11.0. The third-order valence-corrected chi connectivity index (χ3v) is 8.37. The Morgan fingerprint density at radius 3 is 2.32 bits per heavy atom. The van der Waals surface area contributed by atoms with Gasteiger partial charge >= 0.3 is 6.18 Å². The minimum absolute atomic E-state index is 0.0768. The molecule has 1 aromatic carbocycles. The lowest BCUT2D eigenvalue weighted by Crippen LogP contribution is -2.69. The average Bonchev–Trinajstić information content (AvgIpc) is 3.40. The van der Waals surface area contributed by atoms with E-state index in [-0.39, 0.29) is 30.5 Å². The summed E-state index contributed by atoms with van der Waals surface area (Å²) >= 11 is 0. The van der Waals surface area contributed by atoms with E-state index >= 15 is 0 Å². The molecule has 0 saturated heterocycles. The van der Waals surface area contributed by atoms with Gasteiger partial charge in [0.15, 0.2) is 0 Å². The third kappa shape index (κ3) is 3.77. The van der Waals surface area contributed by atoms with Gasteiger partial charge in [0.05, 0.1) is 16.9 Å². The molecule has 0 spiro atoms. The fourth-order valence-electron chi connectivity index (χ4n) is 5.58. The van der Waals surface area contributed by atoms with Crippen molar-refractivity contribution in [3.63, 3.8) is 0 Å². The number of alkyl halides is 3. The van der Waals surface area contributed by atoms with Gasteiger partial charge in [-0.1, -0.05) is 24.3 Å². The first-order valence-electron chi connectivity index (χ1n) is 12.0. The number of nitrogens with zero attached hydrogens (tertiary/aromatic N) is 3. The number of aromatic nitrogens is 2. The van der Waals surface area contributed by atoms with Crippen molar-refractivity contribution in [3.8, 4) is 17.3 Å². The van der Waals surface area contributed by atoms with Gasteiger partial charge in [0.25, 0.3) is 5.91 Å².